The maximum absolute atomic E-state index is 12.5. The molecule has 2 amide bonds. The number of nitrogens with one attached hydrogen (secondary N) is 2. The van der Waals surface area contributed by atoms with Crippen LogP contribution >= 0.6 is 11.8 Å². The van der Waals surface area contributed by atoms with Gasteiger partial charge in [0.15, 0.2) is 0 Å². The molecule has 1 aliphatic carbocycles. The molecule has 2 N–H and O–H groups in total. The highest BCUT2D eigenvalue weighted by atomic mass is 32.2. The van der Waals surface area contributed by atoms with Gasteiger partial charge in [-0.25, -0.2) is 4.79 Å². The SMILES string of the molecule is CC(C)(C)OC(=O)N1CCN(c2ccc(-c3ccc(SCC4CCCCC4C(=O)NCC=N)cc3)cc2)CC1. The molecule has 4 rings (SSSR count). The first-order valence-electron chi connectivity index (χ1n) is 14.1. The number of benzene rings is 2. The van der Waals surface area contributed by atoms with Crippen LogP contribution in [0.4, 0.5) is 10.5 Å². The van der Waals surface area contributed by atoms with E-state index in [9.17, 15) is 9.59 Å². The summed E-state index contributed by atoms with van der Waals surface area (Å²) in [6.07, 6.45) is 5.35. The number of ether oxygens (including phenoxy) is 1. The highest BCUT2D eigenvalue weighted by Gasteiger charge is 2.30. The molecule has 0 aromatic heterocycles. The summed E-state index contributed by atoms with van der Waals surface area (Å²) in [4.78, 5) is 30.2. The monoisotopic (exact) mass is 550 g/mol. The van der Waals surface area contributed by atoms with Crippen molar-refractivity contribution in [3.8, 4) is 11.1 Å². The molecule has 1 saturated carbocycles. The van der Waals surface area contributed by atoms with E-state index in [4.69, 9.17) is 10.1 Å². The van der Waals surface area contributed by atoms with E-state index in [1.165, 1.54) is 34.3 Å². The second kappa shape index (κ2) is 13.4. The van der Waals surface area contributed by atoms with Crippen LogP contribution in [0.2, 0.25) is 0 Å². The first-order chi connectivity index (χ1) is 18.7. The summed E-state index contributed by atoms with van der Waals surface area (Å²) in [6.45, 7) is 8.90. The van der Waals surface area contributed by atoms with Gasteiger partial charge in [0, 0.05) is 54.6 Å². The quantitative estimate of drug-likeness (QED) is 0.308. The predicted molar refractivity (Wildman–Crippen MR) is 160 cm³/mol. The number of anilines is 1. The van der Waals surface area contributed by atoms with E-state index in [0.29, 0.717) is 25.6 Å². The van der Waals surface area contributed by atoms with Gasteiger partial charge in [-0.1, -0.05) is 37.1 Å². The summed E-state index contributed by atoms with van der Waals surface area (Å²) in [6, 6.07) is 17.3. The van der Waals surface area contributed by atoms with Crippen LogP contribution in [0.15, 0.2) is 53.4 Å². The van der Waals surface area contributed by atoms with Gasteiger partial charge in [-0.2, -0.15) is 0 Å². The smallest absolute Gasteiger partial charge is 0.410 e. The van der Waals surface area contributed by atoms with Crippen molar-refractivity contribution in [3.05, 3.63) is 48.5 Å². The van der Waals surface area contributed by atoms with Crippen molar-refractivity contribution in [2.24, 2.45) is 11.8 Å². The van der Waals surface area contributed by atoms with Gasteiger partial charge in [0.1, 0.15) is 5.60 Å². The number of carbonyl (C=O) groups excluding carboxylic acids is 2. The van der Waals surface area contributed by atoms with E-state index in [1.807, 2.05) is 32.5 Å². The van der Waals surface area contributed by atoms with Crippen LogP contribution in [-0.2, 0) is 9.53 Å². The Morgan fingerprint density at radius 2 is 1.59 bits per heavy atom. The van der Waals surface area contributed by atoms with Crippen molar-refractivity contribution in [3.63, 3.8) is 0 Å². The zero-order valence-corrected chi connectivity index (χ0v) is 24.3. The molecule has 2 aromatic rings. The summed E-state index contributed by atoms with van der Waals surface area (Å²) < 4.78 is 5.51. The van der Waals surface area contributed by atoms with Crippen molar-refractivity contribution < 1.29 is 14.3 Å². The van der Waals surface area contributed by atoms with Gasteiger partial charge in [0.05, 0.1) is 6.54 Å². The average Bonchev–Trinajstić information content (AvgIpc) is 2.94. The van der Waals surface area contributed by atoms with Crippen LogP contribution in [0, 0.1) is 17.2 Å². The van der Waals surface area contributed by atoms with E-state index in [2.05, 4.69) is 58.7 Å². The molecule has 1 heterocycles. The lowest BCUT2D eigenvalue weighted by Crippen LogP contribution is -2.50. The minimum Gasteiger partial charge on any atom is -0.444 e. The van der Waals surface area contributed by atoms with E-state index >= 15 is 0 Å². The van der Waals surface area contributed by atoms with Crippen molar-refractivity contribution in [1.82, 2.24) is 10.2 Å². The first kappa shape index (κ1) is 29.0. The Morgan fingerprint density at radius 3 is 2.21 bits per heavy atom. The summed E-state index contributed by atoms with van der Waals surface area (Å²) in [5.41, 5.74) is 3.06. The number of carbonyl (C=O) groups is 2. The average molecular weight is 551 g/mol. The van der Waals surface area contributed by atoms with Gasteiger partial charge in [-0.3, -0.25) is 4.79 Å². The van der Waals surface area contributed by atoms with Gasteiger partial charge in [-0.05, 0) is 74.9 Å². The van der Waals surface area contributed by atoms with Crippen LogP contribution in [0.3, 0.4) is 0 Å². The summed E-state index contributed by atoms with van der Waals surface area (Å²) >= 11 is 1.83. The van der Waals surface area contributed by atoms with Crippen LogP contribution in [0.5, 0.6) is 0 Å². The standard InChI is InChI=1S/C31H42N4O3S/c1-31(2,3)38-30(37)35-20-18-34(19-21-35)26-12-8-23(9-13-26)24-10-14-27(15-11-24)39-22-25-6-4-5-7-28(25)29(36)33-17-16-32/h8-16,25,28,32H,4-7,17-22H2,1-3H3,(H,33,36). The molecule has 7 nitrogen and oxygen atoms in total. The Bertz CT molecular complexity index is 1110. The molecule has 2 aromatic carbocycles. The second-order valence-electron chi connectivity index (χ2n) is 11.4. The molecule has 2 fully saturated rings. The fourth-order valence-corrected chi connectivity index (χ4v) is 6.45. The molecule has 0 spiro atoms. The molecule has 2 unspecified atom stereocenters. The number of thioether (sulfide) groups is 1. The lowest BCUT2D eigenvalue weighted by atomic mass is 9.80. The molecule has 8 heteroatoms. The van der Waals surface area contributed by atoms with E-state index in [0.717, 1.165) is 38.1 Å². The number of rotatable bonds is 8. The zero-order valence-electron chi connectivity index (χ0n) is 23.4. The lowest BCUT2D eigenvalue weighted by molar-refractivity contribution is -0.127. The second-order valence-corrected chi connectivity index (χ2v) is 12.5. The molecule has 1 aliphatic heterocycles. The minimum atomic E-state index is -0.473. The van der Waals surface area contributed by atoms with Gasteiger partial charge in [0.25, 0.3) is 0 Å². The molecule has 210 valence electrons. The molecule has 2 atom stereocenters. The van der Waals surface area contributed by atoms with Gasteiger partial charge in [-0.15, -0.1) is 11.8 Å². The normalized spacial score (nSPS) is 19.9. The Hall–Kier alpha value is -3.00. The van der Waals surface area contributed by atoms with Gasteiger partial charge in [0.2, 0.25) is 5.91 Å². The predicted octanol–water partition coefficient (Wildman–Crippen LogP) is 6.07. The summed E-state index contributed by atoms with van der Waals surface area (Å²) in [5, 5.41) is 10.0. The third-order valence-corrected chi connectivity index (χ3v) is 8.64. The Morgan fingerprint density at radius 1 is 0.974 bits per heavy atom. The lowest BCUT2D eigenvalue weighted by Gasteiger charge is -2.36. The number of hydrogen-bond donors (Lipinski definition) is 2. The Balaban J connectivity index is 1.28. The van der Waals surface area contributed by atoms with Crippen LogP contribution in [0.1, 0.15) is 46.5 Å². The summed E-state index contributed by atoms with van der Waals surface area (Å²) in [5.74, 6) is 1.49. The van der Waals surface area contributed by atoms with Crippen molar-refractivity contribution in [2.45, 2.75) is 57.0 Å². The van der Waals surface area contributed by atoms with Crippen LogP contribution in [-0.4, -0.2) is 67.2 Å². The fraction of sp³-hybridized carbons (Fsp3) is 0.516. The number of piperazine rings is 1. The first-order valence-corrected chi connectivity index (χ1v) is 15.0. The molecular formula is C31H42N4O3S. The largest absolute Gasteiger partial charge is 0.444 e. The molecular weight excluding hydrogens is 508 g/mol. The van der Waals surface area contributed by atoms with Crippen LogP contribution in [0.25, 0.3) is 11.1 Å². The van der Waals surface area contributed by atoms with Crippen molar-refractivity contribution in [1.29, 1.82) is 5.41 Å². The Labute approximate surface area is 237 Å². The molecule has 0 radical (unpaired) electrons. The van der Waals surface area contributed by atoms with E-state index in [-0.39, 0.29) is 17.9 Å². The van der Waals surface area contributed by atoms with E-state index < -0.39 is 5.60 Å². The molecule has 39 heavy (non-hydrogen) atoms. The maximum atomic E-state index is 12.5. The minimum absolute atomic E-state index is 0.0595. The zero-order chi connectivity index (χ0) is 27.8. The van der Waals surface area contributed by atoms with Gasteiger partial charge < -0.3 is 25.3 Å². The third-order valence-electron chi connectivity index (χ3n) is 7.44. The fourth-order valence-electron chi connectivity index (χ4n) is 5.32. The third kappa shape index (κ3) is 8.24. The topological polar surface area (TPSA) is 85.7 Å². The van der Waals surface area contributed by atoms with Crippen molar-refractivity contribution >= 4 is 35.7 Å². The van der Waals surface area contributed by atoms with Crippen LogP contribution < -0.4 is 10.2 Å². The number of hydrogen-bond acceptors (Lipinski definition) is 6. The molecule has 2 aliphatic rings. The molecule has 1 saturated heterocycles. The maximum Gasteiger partial charge on any atom is 0.410 e. The number of amides is 2. The van der Waals surface area contributed by atoms with Gasteiger partial charge >= 0.3 is 6.09 Å². The highest BCUT2D eigenvalue weighted by Crippen LogP contribution is 2.35. The van der Waals surface area contributed by atoms with Crippen molar-refractivity contribution in [2.75, 3.05) is 43.4 Å². The summed E-state index contributed by atoms with van der Waals surface area (Å²) in [7, 11) is 0. The number of nitrogens with zero attached hydrogens (tertiary/aromatic N) is 2. The Kier molecular flexibility index (Phi) is 9.94. The molecule has 0 bridgehead atoms. The van der Waals surface area contributed by atoms with E-state index in [1.54, 1.807) is 4.90 Å². The highest BCUT2D eigenvalue weighted by molar-refractivity contribution is 7.99.